The molecule has 168 valence electrons. The molecule has 1 saturated heterocycles. The molecular formula is C24H24N6O2S. The minimum absolute atomic E-state index is 0.00715. The van der Waals surface area contributed by atoms with Crippen LogP contribution in [0.1, 0.15) is 23.8 Å². The second-order valence-electron chi connectivity index (χ2n) is 7.94. The number of benzene rings is 1. The zero-order chi connectivity index (χ0) is 22.8. The Balaban J connectivity index is 1.46. The molecule has 1 fully saturated rings. The minimum atomic E-state index is -0.0635. The van der Waals surface area contributed by atoms with Crippen molar-refractivity contribution in [3.05, 3.63) is 65.6 Å². The molecule has 33 heavy (non-hydrogen) atoms. The molecule has 5 rings (SSSR count). The van der Waals surface area contributed by atoms with Gasteiger partial charge in [0.1, 0.15) is 30.2 Å². The maximum atomic E-state index is 12.2. The van der Waals surface area contributed by atoms with Crippen LogP contribution in [0, 0.1) is 0 Å². The van der Waals surface area contributed by atoms with Gasteiger partial charge in [0.2, 0.25) is 5.91 Å². The van der Waals surface area contributed by atoms with Crippen LogP contribution >= 0.6 is 11.3 Å². The number of hydrogen-bond donors (Lipinski definition) is 1. The van der Waals surface area contributed by atoms with Crippen LogP contribution in [0.25, 0.3) is 22.3 Å². The standard InChI is InChI=1S/C24H24N6O2S/c1-2-20(31)29-10-6-7-17(12-29)30-24-21(23(25)26-15-27-24)22(28-30)16-11-19(33-14-16)13-32-18-8-4-3-5-9-18/h2-5,8-9,11,14-15,17H,1,6-7,10,12-13H2,(H2,25,26,27). The van der Waals surface area contributed by atoms with Gasteiger partial charge in [-0.25, -0.2) is 14.6 Å². The molecule has 0 radical (unpaired) electrons. The van der Waals surface area contributed by atoms with Gasteiger partial charge in [-0.15, -0.1) is 11.3 Å². The molecule has 9 heteroatoms. The SMILES string of the molecule is C=CC(=O)N1CCCC(n2nc(-c3csc(COc4ccccc4)c3)c3c(N)ncnc32)C1. The Hall–Kier alpha value is -3.72. The van der Waals surface area contributed by atoms with Crippen molar-refractivity contribution in [2.24, 2.45) is 0 Å². The third-order valence-electron chi connectivity index (χ3n) is 5.80. The number of piperidine rings is 1. The number of rotatable bonds is 6. The van der Waals surface area contributed by atoms with Crippen LogP contribution in [0.3, 0.4) is 0 Å². The fourth-order valence-electron chi connectivity index (χ4n) is 4.19. The summed E-state index contributed by atoms with van der Waals surface area (Å²) in [5, 5.41) is 7.72. The van der Waals surface area contributed by atoms with E-state index in [0.29, 0.717) is 24.6 Å². The van der Waals surface area contributed by atoms with Gasteiger partial charge in [-0.3, -0.25) is 4.79 Å². The summed E-state index contributed by atoms with van der Waals surface area (Å²) in [7, 11) is 0. The van der Waals surface area contributed by atoms with Gasteiger partial charge in [-0.2, -0.15) is 5.10 Å². The summed E-state index contributed by atoms with van der Waals surface area (Å²) < 4.78 is 7.79. The molecule has 1 aliphatic rings. The molecule has 3 aromatic heterocycles. The average molecular weight is 461 g/mol. The Kier molecular flexibility index (Phi) is 5.78. The average Bonchev–Trinajstić information content (AvgIpc) is 3.48. The van der Waals surface area contributed by atoms with Crippen LogP contribution in [0.5, 0.6) is 5.75 Å². The normalized spacial score (nSPS) is 16.1. The Morgan fingerprint density at radius 3 is 2.97 bits per heavy atom. The number of anilines is 1. The summed E-state index contributed by atoms with van der Waals surface area (Å²) in [5.74, 6) is 1.16. The van der Waals surface area contributed by atoms with Crippen molar-refractivity contribution in [3.8, 4) is 17.0 Å². The number of nitrogen functional groups attached to an aromatic ring is 1. The number of para-hydroxylation sites is 1. The van der Waals surface area contributed by atoms with E-state index in [1.807, 2.05) is 39.9 Å². The van der Waals surface area contributed by atoms with E-state index in [4.69, 9.17) is 15.6 Å². The fraction of sp³-hybridized carbons (Fsp3) is 0.250. The molecule has 4 aromatic rings. The Labute approximate surface area is 195 Å². The summed E-state index contributed by atoms with van der Waals surface area (Å²) in [5.41, 5.74) is 8.65. The first-order valence-corrected chi connectivity index (χ1v) is 11.7. The molecular weight excluding hydrogens is 436 g/mol. The highest BCUT2D eigenvalue weighted by Crippen LogP contribution is 2.35. The second kappa shape index (κ2) is 9.03. The predicted molar refractivity (Wildman–Crippen MR) is 129 cm³/mol. The first kappa shape index (κ1) is 21.1. The van der Waals surface area contributed by atoms with Gasteiger partial charge in [0.05, 0.1) is 11.4 Å². The van der Waals surface area contributed by atoms with Crippen molar-refractivity contribution in [1.29, 1.82) is 0 Å². The lowest BCUT2D eigenvalue weighted by atomic mass is 10.1. The molecule has 0 bridgehead atoms. The van der Waals surface area contributed by atoms with Crippen LogP contribution in [0.4, 0.5) is 5.82 Å². The second-order valence-corrected chi connectivity index (χ2v) is 8.93. The van der Waals surface area contributed by atoms with E-state index in [2.05, 4.69) is 28.0 Å². The van der Waals surface area contributed by atoms with Crippen LogP contribution in [-0.4, -0.2) is 43.6 Å². The topological polar surface area (TPSA) is 99.2 Å². The first-order chi connectivity index (χ1) is 16.1. The molecule has 0 saturated carbocycles. The third-order valence-corrected chi connectivity index (χ3v) is 6.71. The number of aromatic nitrogens is 4. The highest BCUT2D eigenvalue weighted by molar-refractivity contribution is 7.10. The van der Waals surface area contributed by atoms with Gasteiger partial charge in [0.15, 0.2) is 5.65 Å². The minimum Gasteiger partial charge on any atom is -0.488 e. The van der Waals surface area contributed by atoms with Gasteiger partial charge >= 0.3 is 0 Å². The van der Waals surface area contributed by atoms with Crippen molar-refractivity contribution >= 4 is 34.1 Å². The third kappa shape index (κ3) is 4.19. The van der Waals surface area contributed by atoms with Crippen LogP contribution < -0.4 is 10.5 Å². The van der Waals surface area contributed by atoms with Crippen LogP contribution in [0.2, 0.25) is 0 Å². The lowest BCUT2D eigenvalue weighted by Gasteiger charge is -2.32. The predicted octanol–water partition coefficient (Wildman–Crippen LogP) is 4.07. The molecule has 1 unspecified atom stereocenters. The first-order valence-electron chi connectivity index (χ1n) is 10.8. The highest BCUT2D eigenvalue weighted by atomic mass is 32.1. The monoisotopic (exact) mass is 460 g/mol. The molecule has 8 nitrogen and oxygen atoms in total. The number of carbonyl (C=O) groups is 1. The number of nitrogens with zero attached hydrogens (tertiary/aromatic N) is 5. The maximum absolute atomic E-state index is 12.2. The van der Waals surface area contributed by atoms with Crippen LogP contribution in [0.15, 0.2) is 60.8 Å². The van der Waals surface area contributed by atoms with Gasteiger partial charge in [0, 0.05) is 28.9 Å². The lowest BCUT2D eigenvalue weighted by Crippen LogP contribution is -2.40. The molecule has 0 spiro atoms. The van der Waals surface area contributed by atoms with Crippen molar-refractivity contribution in [2.75, 3.05) is 18.8 Å². The number of thiophene rings is 1. The highest BCUT2D eigenvalue weighted by Gasteiger charge is 2.28. The molecule has 1 amide bonds. The van der Waals surface area contributed by atoms with Gasteiger partial charge < -0.3 is 15.4 Å². The van der Waals surface area contributed by atoms with E-state index in [1.165, 1.54) is 12.4 Å². The molecule has 1 aromatic carbocycles. The van der Waals surface area contributed by atoms with Crippen LogP contribution in [-0.2, 0) is 11.4 Å². The summed E-state index contributed by atoms with van der Waals surface area (Å²) in [6.45, 7) is 5.37. The van der Waals surface area contributed by atoms with E-state index in [9.17, 15) is 4.79 Å². The largest absolute Gasteiger partial charge is 0.488 e. The van der Waals surface area contributed by atoms with E-state index in [0.717, 1.165) is 46.7 Å². The molecule has 4 heterocycles. The number of ether oxygens (including phenoxy) is 1. The lowest BCUT2D eigenvalue weighted by molar-refractivity contribution is -0.127. The van der Waals surface area contributed by atoms with Crippen molar-refractivity contribution in [2.45, 2.75) is 25.5 Å². The Morgan fingerprint density at radius 2 is 2.15 bits per heavy atom. The van der Waals surface area contributed by atoms with Crippen molar-refractivity contribution in [3.63, 3.8) is 0 Å². The smallest absolute Gasteiger partial charge is 0.246 e. The quantitative estimate of drug-likeness (QED) is 0.436. The summed E-state index contributed by atoms with van der Waals surface area (Å²) >= 11 is 1.61. The molecule has 2 N–H and O–H groups in total. The number of nitrogens with two attached hydrogens (primary N) is 1. The summed E-state index contributed by atoms with van der Waals surface area (Å²) in [6.07, 6.45) is 4.61. The Morgan fingerprint density at radius 1 is 1.30 bits per heavy atom. The number of carbonyl (C=O) groups excluding carboxylic acids is 1. The van der Waals surface area contributed by atoms with Gasteiger partial charge in [-0.1, -0.05) is 24.8 Å². The molecule has 1 aliphatic heterocycles. The molecule has 0 aliphatic carbocycles. The van der Waals surface area contributed by atoms with Crippen molar-refractivity contribution < 1.29 is 9.53 Å². The van der Waals surface area contributed by atoms with Gasteiger partial charge in [-0.05, 0) is 37.1 Å². The van der Waals surface area contributed by atoms with E-state index < -0.39 is 0 Å². The van der Waals surface area contributed by atoms with E-state index in [-0.39, 0.29) is 11.9 Å². The molecule has 1 atom stereocenters. The van der Waals surface area contributed by atoms with Gasteiger partial charge in [0.25, 0.3) is 0 Å². The number of fused-ring (bicyclic) bond motifs is 1. The van der Waals surface area contributed by atoms with Crippen molar-refractivity contribution in [1.82, 2.24) is 24.6 Å². The summed E-state index contributed by atoms with van der Waals surface area (Å²) in [4.78, 5) is 23.8. The number of hydrogen-bond acceptors (Lipinski definition) is 7. The zero-order valence-corrected chi connectivity index (χ0v) is 18.9. The van der Waals surface area contributed by atoms with E-state index in [1.54, 1.807) is 11.3 Å². The fourth-order valence-corrected chi connectivity index (χ4v) is 4.97. The Bertz CT molecular complexity index is 1300. The number of likely N-dealkylation sites (tertiary alicyclic amines) is 1. The summed E-state index contributed by atoms with van der Waals surface area (Å²) in [6, 6.07) is 11.8. The maximum Gasteiger partial charge on any atom is 0.246 e. The van der Waals surface area contributed by atoms with E-state index >= 15 is 0 Å². The number of amides is 1. The zero-order valence-electron chi connectivity index (χ0n) is 18.1.